The Kier molecular flexibility index (Phi) is 3.98. The molecule has 1 unspecified atom stereocenters. The zero-order valence-electron chi connectivity index (χ0n) is 10.4. The highest BCUT2D eigenvalue weighted by Gasteiger charge is 2.30. The van der Waals surface area contributed by atoms with Gasteiger partial charge in [-0.25, -0.2) is 17.9 Å². The molecule has 0 radical (unpaired) electrons. The van der Waals surface area contributed by atoms with Crippen LogP contribution < -0.4 is 15.4 Å². The molecule has 1 fully saturated rings. The van der Waals surface area contributed by atoms with E-state index in [1.807, 2.05) is 5.32 Å². The number of sulfonamides is 1. The van der Waals surface area contributed by atoms with Crippen LogP contribution >= 0.6 is 11.6 Å². The van der Waals surface area contributed by atoms with E-state index in [1.165, 1.54) is 12.1 Å². The number of carbonyl (C=O) groups is 2. The van der Waals surface area contributed by atoms with Crippen molar-refractivity contribution in [2.45, 2.75) is 17.9 Å². The monoisotopic (exact) mass is 317 g/mol. The molecule has 1 saturated heterocycles. The lowest BCUT2D eigenvalue weighted by Crippen LogP contribution is -2.41. The van der Waals surface area contributed by atoms with Gasteiger partial charge < -0.3 is 5.32 Å². The third kappa shape index (κ3) is 3.09. The van der Waals surface area contributed by atoms with Crippen LogP contribution in [0.4, 0.5) is 4.79 Å². The molecule has 3 amide bonds. The predicted molar refractivity (Wildman–Crippen MR) is 71.8 cm³/mol. The van der Waals surface area contributed by atoms with Crippen molar-refractivity contribution < 1.29 is 18.0 Å². The van der Waals surface area contributed by atoms with E-state index in [2.05, 4.69) is 10.0 Å². The summed E-state index contributed by atoms with van der Waals surface area (Å²) in [5.41, 5.74) is 0.757. The molecular weight excluding hydrogens is 306 g/mol. The molecule has 1 aromatic rings. The van der Waals surface area contributed by atoms with Crippen LogP contribution in [0.2, 0.25) is 5.02 Å². The van der Waals surface area contributed by atoms with Gasteiger partial charge in [-0.15, -0.1) is 0 Å². The van der Waals surface area contributed by atoms with Crippen LogP contribution in [0.15, 0.2) is 23.1 Å². The second kappa shape index (κ2) is 5.39. The molecule has 1 aliphatic heterocycles. The molecule has 9 heteroatoms. The van der Waals surface area contributed by atoms with Gasteiger partial charge in [-0.05, 0) is 24.6 Å². The molecule has 0 aliphatic carbocycles. The summed E-state index contributed by atoms with van der Waals surface area (Å²) in [5, 5.41) is 4.64. The van der Waals surface area contributed by atoms with E-state index in [4.69, 9.17) is 11.6 Å². The maximum absolute atomic E-state index is 12.0. The molecule has 0 aromatic heterocycles. The van der Waals surface area contributed by atoms with Gasteiger partial charge in [0, 0.05) is 11.6 Å². The van der Waals surface area contributed by atoms with Gasteiger partial charge in [-0.1, -0.05) is 17.7 Å². The van der Waals surface area contributed by atoms with Crippen LogP contribution in [0.5, 0.6) is 0 Å². The van der Waals surface area contributed by atoms with Gasteiger partial charge in [0.25, 0.3) is 5.91 Å². The predicted octanol–water partition coefficient (Wildman–Crippen LogP) is 0.135. The topological polar surface area (TPSA) is 104 Å². The van der Waals surface area contributed by atoms with Crippen LogP contribution in [0.25, 0.3) is 0 Å². The summed E-state index contributed by atoms with van der Waals surface area (Å²) in [6, 6.07) is 2.76. The molecule has 20 heavy (non-hydrogen) atoms. The molecule has 108 valence electrons. The molecule has 1 heterocycles. The van der Waals surface area contributed by atoms with Gasteiger partial charge in [-0.2, -0.15) is 0 Å². The van der Waals surface area contributed by atoms with Gasteiger partial charge in [0.1, 0.15) is 6.04 Å². The number of benzene rings is 1. The summed E-state index contributed by atoms with van der Waals surface area (Å²) in [5.74, 6) is -0.570. The minimum absolute atomic E-state index is 0.00201. The Bertz CT molecular complexity index is 674. The van der Waals surface area contributed by atoms with E-state index in [0.29, 0.717) is 5.02 Å². The normalized spacial score (nSPS) is 18.8. The number of rotatable bonds is 4. The first-order valence-corrected chi connectivity index (χ1v) is 7.53. The van der Waals surface area contributed by atoms with Crippen LogP contribution in [0.3, 0.4) is 0 Å². The zero-order chi connectivity index (χ0) is 14.9. The summed E-state index contributed by atoms with van der Waals surface area (Å²) in [6.45, 7) is 1.52. The summed E-state index contributed by atoms with van der Waals surface area (Å²) < 4.78 is 26.3. The lowest BCUT2D eigenvalue weighted by atomic mass is 10.2. The highest BCUT2D eigenvalue weighted by atomic mass is 35.5. The van der Waals surface area contributed by atoms with Gasteiger partial charge in [0.15, 0.2) is 0 Å². The van der Waals surface area contributed by atoms with E-state index in [1.54, 1.807) is 13.0 Å². The van der Waals surface area contributed by atoms with Crippen molar-refractivity contribution in [2.75, 3.05) is 6.54 Å². The third-order valence-corrected chi connectivity index (χ3v) is 4.62. The van der Waals surface area contributed by atoms with Crippen molar-refractivity contribution in [1.82, 2.24) is 15.4 Å². The van der Waals surface area contributed by atoms with Crippen LogP contribution in [0.1, 0.15) is 5.56 Å². The number of imide groups is 1. The summed E-state index contributed by atoms with van der Waals surface area (Å²) in [7, 11) is -3.79. The summed E-state index contributed by atoms with van der Waals surface area (Å²) in [4.78, 5) is 22.2. The van der Waals surface area contributed by atoms with Crippen LogP contribution in [0, 0.1) is 6.92 Å². The highest BCUT2D eigenvalue weighted by Crippen LogP contribution is 2.19. The molecule has 0 spiro atoms. The first-order chi connectivity index (χ1) is 9.29. The molecule has 2 rings (SSSR count). The van der Waals surface area contributed by atoms with E-state index in [0.717, 1.165) is 5.56 Å². The minimum Gasteiger partial charge on any atom is -0.325 e. The third-order valence-electron chi connectivity index (χ3n) is 2.79. The maximum atomic E-state index is 12.0. The van der Waals surface area contributed by atoms with Crippen molar-refractivity contribution in [3.63, 3.8) is 0 Å². The number of urea groups is 1. The number of hydrogen-bond acceptors (Lipinski definition) is 4. The average molecular weight is 318 g/mol. The molecule has 1 aromatic carbocycles. The van der Waals surface area contributed by atoms with E-state index in [-0.39, 0.29) is 11.4 Å². The number of aryl methyl sites for hydroxylation is 1. The molecular formula is C11H12ClN3O4S. The lowest BCUT2D eigenvalue weighted by molar-refractivity contribution is -0.120. The van der Waals surface area contributed by atoms with Crippen molar-refractivity contribution >= 4 is 33.6 Å². The Labute approximate surface area is 120 Å². The van der Waals surface area contributed by atoms with E-state index >= 15 is 0 Å². The fourth-order valence-electron chi connectivity index (χ4n) is 1.62. The maximum Gasteiger partial charge on any atom is 0.322 e. The van der Waals surface area contributed by atoms with Crippen LogP contribution in [-0.2, 0) is 14.8 Å². The smallest absolute Gasteiger partial charge is 0.322 e. The lowest BCUT2D eigenvalue weighted by Gasteiger charge is -2.10. The molecule has 1 aliphatic rings. The Hall–Kier alpha value is -1.64. The Morgan fingerprint density at radius 1 is 1.35 bits per heavy atom. The molecule has 3 N–H and O–H groups in total. The van der Waals surface area contributed by atoms with Crippen molar-refractivity contribution in [2.24, 2.45) is 0 Å². The molecule has 0 bridgehead atoms. The summed E-state index contributed by atoms with van der Waals surface area (Å²) >= 11 is 5.88. The molecule has 7 nitrogen and oxygen atoms in total. The average Bonchev–Trinajstić information content (AvgIpc) is 2.69. The fourth-order valence-corrected chi connectivity index (χ4v) is 2.94. The van der Waals surface area contributed by atoms with Crippen molar-refractivity contribution in [1.29, 1.82) is 0 Å². The van der Waals surface area contributed by atoms with Crippen LogP contribution in [-0.4, -0.2) is 32.9 Å². The molecule has 1 atom stereocenters. The van der Waals surface area contributed by atoms with E-state index in [9.17, 15) is 18.0 Å². The van der Waals surface area contributed by atoms with Gasteiger partial charge in [0.2, 0.25) is 10.0 Å². The summed E-state index contributed by atoms with van der Waals surface area (Å²) in [6.07, 6.45) is 0. The second-order valence-electron chi connectivity index (χ2n) is 4.28. The highest BCUT2D eigenvalue weighted by molar-refractivity contribution is 7.89. The zero-order valence-corrected chi connectivity index (χ0v) is 12.0. The quantitative estimate of drug-likeness (QED) is 0.687. The van der Waals surface area contributed by atoms with Gasteiger partial charge in [0.05, 0.1) is 4.90 Å². The fraction of sp³-hybridized carbons (Fsp3) is 0.273. The first kappa shape index (κ1) is 14.8. The Morgan fingerprint density at radius 2 is 2.05 bits per heavy atom. The van der Waals surface area contributed by atoms with Gasteiger partial charge >= 0.3 is 6.03 Å². The largest absolute Gasteiger partial charge is 0.325 e. The van der Waals surface area contributed by atoms with Crippen molar-refractivity contribution in [3.05, 3.63) is 28.8 Å². The van der Waals surface area contributed by atoms with Crippen molar-refractivity contribution in [3.8, 4) is 0 Å². The number of carbonyl (C=O) groups excluding carboxylic acids is 2. The second-order valence-corrected chi connectivity index (χ2v) is 6.45. The minimum atomic E-state index is -3.79. The van der Waals surface area contributed by atoms with E-state index < -0.39 is 28.0 Å². The molecule has 0 saturated carbocycles. The number of hydrogen-bond donors (Lipinski definition) is 3. The standard InChI is InChI=1S/C11H12ClN3O4S/c1-6-2-3-7(4-8(6)12)20(18,19)13-5-9-10(16)15-11(17)14-9/h2-4,9,13H,5H2,1H3,(H2,14,15,16,17). The number of nitrogens with one attached hydrogen (secondary N) is 3. The number of amides is 3. The van der Waals surface area contributed by atoms with Gasteiger partial charge in [-0.3, -0.25) is 10.1 Å². The Balaban J connectivity index is 2.09. The number of halogens is 1. The SMILES string of the molecule is Cc1ccc(S(=O)(=O)NCC2NC(=O)NC2=O)cc1Cl. The first-order valence-electron chi connectivity index (χ1n) is 5.67. The Morgan fingerprint density at radius 3 is 2.60 bits per heavy atom.